The summed E-state index contributed by atoms with van der Waals surface area (Å²) in [6.07, 6.45) is -4.45. The summed E-state index contributed by atoms with van der Waals surface area (Å²) >= 11 is 0. The summed E-state index contributed by atoms with van der Waals surface area (Å²) in [5.74, 6) is 0.588. The second kappa shape index (κ2) is 7.37. The van der Waals surface area contributed by atoms with Crippen molar-refractivity contribution in [3.63, 3.8) is 0 Å². The average molecular weight is 326 g/mol. The lowest BCUT2D eigenvalue weighted by atomic mass is 10.2. The number of hydrogen-bond donors (Lipinski definition) is 1. The maximum atomic E-state index is 12.9. The van der Waals surface area contributed by atoms with Gasteiger partial charge in [0.15, 0.2) is 11.5 Å². The zero-order valence-corrected chi connectivity index (χ0v) is 12.5. The minimum Gasteiger partial charge on any atom is -0.487 e. The second-order valence-electron chi connectivity index (χ2n) is 5.02. The van der Waals surface area contributed by atoms with E-state index in [9.17, 15) is 13.2 Å². The molecule has 0 aliphatic rings. The van der Waals surface area contributed by atoms with Gasteiger partial charge in [0.25, 0.3) is 0 Å². The van der Waals surface area contributed by atoms with E-state index < -0.39 is 11.7 Å². The van der Waals surface area contributed by atoms with E-state index in [2.05, 4.69) is 0 Å². The molecule has 3 nitrogen and oxygen atoms in total. The summed E-state index contributed by atoms with van der Waals surface area (Å²) in [6, 6.07) is 11.6. The molecule has 0 spiro atoms. The van der Waals surface area contributed by atoms with Crippen LogP contribution in [0.1, 0.15) is 18.9 Å². The number of alkyl halides is 3. The minimum atomic E-state index is -4.47. The minimum absolute atomic E-state index is 0.0178. The van der Waals surface area contributed by atoms with E-state index in [-0.39, 0.29) is 24.2 Å². The van der Waals surface area contributed by atoms with Crippen LogP contribution in [0, 0.1) is 0 Å². The highest BCUT2D eigenvalue weighted by Gasteiger charge is 2.31. The quantitative estimate of drug-likeness (QED) is 0.840. The zero-order chi connectivity index (χ0) is 16.9. The largest absolute Gasteiger partial charge is 0.487 e. The third-order valence-corrected chi connectivity index (χ3v) is 3.11. The molecule has 0 saturated heterocycles. The number of hydrogen-bond acceptors (Lipinski definition) is 3. The second-order valence-corrected chi connectivity index (χ2v) is 5.02. The smallest absolute Gasteiger partial charge is 0.416 e. The highest BCUT2D eigenvalue weighted by molar-refractivity contribution is 5.46. The fraction of sp³-hybridized carbons (Fsp3) is 0.294. The normalized spacial score (nSPS) is 12.7. The number of aliphatic hydroxyl groups excluding tert-OH is 1. The predicted octanol–water partition coefficient (Wildman–Crippen LogP) is 4.65. The van der Waals surface area contributed by atoms with Crippen LogP contribution in [-0.4, -0.2) is 17.8 Å². The summed E-state index contributed by atoms with van der Waals surface area (Å²) < 4.78 is 49.8. The van der Waals surface area contributed by atoms with Gasteiger partial charge in [-0.3, -0.25) is 0 Å². The monoisotopic (exact) mass is 326 g/mol. The molecule has 0 bridgehead atoms. The average Bonchev–Trinajstić information content (AvgIpc) is 2.49. The lowest BCUT2D eigenvalue weighted by molar-refractivity contribution is -0.137. The molecule has 2 aromatic rings. The summed E-state index contributed by atoms with van der Waals surface area (Å²) in [5, 5.41) is 8.91. The maximum Gasteiger partial charge on any atom is 0.416 e. The van der Waals surface area contributed by atoms with Crippen molar-refractivity contribution in [2.75, 3.05) is 6.61 Å². The third kappa shape index (κ3) is 4.89. The first-order chi connectivity index (χ1) is 10.9. The molecule has 1 N–H and O–H groups in total. The van der Waals surface area contributed by atoms with E-state index in [1.54, 1.807) is 37.3 Å². The van der Waals surface area contributed by atoms with Crippen LogP contribution in [0.4, 0.5) is 13.2 Å². The van der Waals surface area contributed by atoms with Crippen LogP contribution in [0.3, 0.4) is 0 Å². The Hall–Kier alpha value is -2.21. The highest BCUT2D eigenvalue weighted by Crippen LogP contribution is 2.38. The molecule has 2 rings (SSSR count). The van der Waals surface area contributed by atoms with Crippen molar-refractivity contribution in [1.29, 1.82) is 0 Å². The van der Waals surface area contributed by atoms with E-state index in [0.717, 1.165) is 12.1 Å². The zero-order valence-electron chi connectivity index (χ0n) is 12.5. The first-order valence-electron chi connectivity index (χ1n) is 7.12. The maximum absolute atomic E-state index is 12.9. The van der Waals surface area contributed by atoms with Crippen LogP contribution in [0.5, 0.6) is 17.2 Å². The summed E-state index contributed by atoms with van der Waals surface area (Å²) in [6.45, 7) is 1.65. The van der Waals surface area contributed by atoms with E-state index in [1.807, 2.05) is 0 Å². The Balaban J connectivity index is 2.33. The van der Waals surface area contributed by atoms with Crippen LogP contribution in [-0.2, 0) is 6.18 Å². The molecule has 23 heavy (non-hydrogen) atoms. The van der Waals surface area contributed by atoms with Crippen LogP contribution in [0.15, 0.2) is 48.5 Å². The molecule has 124 valence electrons. The van der Waals surface area contributed by atoms with E-state index in [1.165, 1.54) is 6.07 Å². The molecule has 0 radical (unpaired) electrons. The van der Waals surface area contributed by atoms with Crippen LogP contribution in [0.2, 0.25) is 0 Å². The van der Waals surface area contributed by atoms with Gasteiger partial charge in [-0.25, -0.2) is 0 Å². The Bertz CT molecular complexity index is 627. The molecule has 1 atom stereocenters. The van der Waals surface area contributed by atoms with Gasteiger partial charge in [0, 0.05) is 13.0 Å². The van der Waals surface area contributed by atoms with Gasteiger partial charge < -0.3 is 14.6 Å². The van der Waals surface area contributed by atoms with E-state index in [4.69, 9.17) is 14.6 Å². The first-order valence-corrected chi connectivity index (χ1v) is 7.12. The number of benzene rings is 2. The number of halogens is 3. The van der Waals surface area contributed by atoms with Gasteiger partial charge in [0.1, 0.15) is 5.75 Å². The SMILES string of the molecule is C[C@@H](CCO)Oc1ccc(C(F)(F)F)cc1Oc1ccccc1. The lowest BCUT2D eigenvalue weighted by Crippen LogP contribution is -2.14. The standard InChI is InChI=1S/C17H17F3O3/c1-12(9-10-21)22-15-8-7-13(17(18,19)20)11-16(15)23-14-5-3-2-4-6-14/h2-8,11-12,21H,9-10H2,1H3/t12-/m0/s1. The summed E-state index contributed by atoms with van der Waals surface area (Å²) in [4.78, 5) is 0. The van der Waals surface area contributed by atoms with E-state index >= 15 is 0 Å². The van der Waals surface area contributed by atoms with Crippen molar-refractivity contribution in [3.05, 3.63) is 54.1 Å². The molecule has 0 unspecified atom stereocenters. The Labute approximate surface area is 132 Å². The fourth-order valence-electron chi connectivity index (χ4n) is 1.93. The van der Waals surface area contributed by atoms with Crippen LogP contribution >= 0.6 is 0 Å². The van der Waals surface area contributed by atoms with Crippen molar-refractivity contribution >= 4 is 0 Å². The van der Waals surface area contributed by atoms with Crippen molar-refractivity contribution < 1.29 is 27.8 Å². The van der Waals surface area contributed by atoms with Gasteiger partial charge in [-0.2, -0.15) is 13.2 Å². The van der Waals surface area contributed by atoms with Crippen molar-refractivity contribution in [3.8, 4) is 17.2 Å². The number of para-hydroxylation sites is 1. The molecule has 0 fully saturated rings. The van der Waals surface area contributed by atoms with Gasteiger partial charge in [-0.1, -0.05) is 18.2 Å². The summed E-state index contributed by atoms with van der Waals surface area (Å²) in [5.41, 5.74) is -0.814. The molecule has 0 aromatic heterocycles. The van der Waals surface area contributed by atoms with Crippen molar-refractivity contribution in [1.82, 2.24) is 0 Å². The molecular formula is C17H17F3O3. The predicted molar refractivity (Wildman–Crippen MR) is 79.8 cm³/mol. The molecule has 6 heteroatoms. The number of rotatable bonds is 6. The van der Waals surface area contributed by atoms with Crippen molar-refractivity contribution in [2.45, 2.75) is 25.6 Å². The molecule has 0 aliphatic carbocycles. The number of aliphatic hydroxyl groups is 1. The molecular weight excluding hydrogens is 309 g/mol. The van der Waals surface area contributed by atoms with Gasteiger partial charge in [0.2, 0.25) is 0 Å². The molecule has 0 aliphatic heterocycles. The molecule has 0 saturated carbocycles. The topological polar surface area (TPSA) is 38.7 Å². The van der Waals surface area contributed by atoms with Crippen LogP contribution in [0.25, 0.3) is 0 Å². The molecule has 0 amide bonds. The lowest BCUT2D eigenvalue weighted by Gasteiger charge is -2.18. The highest BCUT2D eigenvalue weighted by atomic mass is 19.4. The Kier molecular flexibility index (Phi) is 5.50. The van der Waals surface area contributed by atoms with Gasteiger partial charge >= 0.3 is 6.18 Å². The van der Waals surface area contributed by atoms with Gasteiger partial charge in [-0.15, -0.1) is 0 Å². The first kappa shape index (κ1) is 17.1. The Morgan fingerprint density at radius 2 is 1.74 bits per heavy atom. The van der Waals surface area contributed by atoms with Crippen molar-refractivity contribution in [2.24, 2.45) is 0 Å². The summed E-state index contributed by atoms with van der Waals surface area (Å²) in [7, 11) is 0. The molecule has 0 heterocycles. The van der Waals surface area contributed by atoms with Gasteiger partial charge in [0.05, 0.1) is 11.7 Å². The fourth-order valence-corrected chi connectivity index (χ4v) is 1.93. The molecule has 2 aromatic carbocycles. The Morgan fingerprint density at radius 1 is 1.04 bits per heavy atom. The van der Waals surface area contributed by atoms with Crippen LogP contribution < -0.4 is 9.47 Å². The third-order valence-electron chi connectivity index (χ3n) is 3.11. The Morgan fingerprint density at radius 3 is 2.35 bits per heavy atom. The van der Waals surface area contributed by atoms with E-state index in [0.29, 0.717) is 12.2 Å². The number of ether oxygens (including phenoxy) is 2. The van der Waals surface area contributed by atoms with Gasteiger partial charge in [-0.05, 0) is 37.3 Å².